The van der Waals surface area contributed by atoms with Crippen LogP contribution in [0.15, 0.2) is 54.6 Å². The number of anilines is 2. The van der Waals surface area contributed by atoms with Crippen LogP contribution in [0.3, 0.4) is 0 Å². The zero-order chi connectivity index (χ0) is 20.4. The van der Waals surface area contributed by atoms with Gasteiger partial charge in [-0.1, -0.05) is 60.5 Å². The van der Waals surface area contributed by atoms with Gasteiger partial charge < -0.3 is 5.32 Å². The van der Waals surface area contributed by atoms with Crippen LogP contribution in [0, 0.1) is 6.92 Å². The molecule has 29 heavy (non-hydrogen) atoms. The van der Waals surface area contributed by atoms with E-state index in [1.807, 2.05) is 31.2 Å². The molecule has 0 radical (unpaired) electrons. The van der Waals surface area contributed by atoms with E-state index in [2.05, 4.69) is 58.0 Å². The number of carbonyl (C=O) groups is 1. The van der Waals surface area contributed by atoms with Gasteiger partial charge in [-0.25, -0.2) is 4.68 Å². The van der Waals surface area contributed by atoms with Gasteiger partial charge in [-0.3, -0.25) is 10.1 Å². The number of fused-ring (bicyclic) bond motifs is 1. The van der Waals surface area contributed by atoms with Crippen LogP contribution in [0.4, 0.5) is 11.9 Å². The highest BCUT2D eigenvalue weighted by molar-refractivity contribution is 6.30. The van der Waals surface area contributed by atoms with Gasteiger partial charge in [0, 0.05) is 17.1 Å². The van der Waals surface area contributed by atoms with E-state index in [1.165, 1.54) is 5.56 Å². The first-order chi connectivity index (χ1) is 14.0. The lowest BCUT2D eigenvalue weighted by atomic mass is 10.0. The maximum Gasteiger partial charge on any atom is 0.250 e. The van der Waals surface area contributed by atoms with Crippen LogP contribution in [-0.4, -0.2) is 20.7 Å². The zero-order valence-electron chi connectivity index (χ0n) is 16.3. The highest BCUT2D eigenvalue weighted by Gasteiger charge is 2.25. The monoisotopic (exact) mass is 407 g/mol. The lowest BCUT2D eigenvalue weighted by Gasteiger charge is -2.24. The van der Waals surface area contributed by atoms with Crippen molar-refractivity contribution >= 4 is 35.1 Å². The molecule has 0 aliphatic carbocycles. The highest BCUT2D eigenvalue weighted by atomic mass is 35.5. The van der Waals surface area contributed by atoms with Crippen molar-refractivity contribution in [3.05, 3.63) is 76.3 Å². The summed E-state index contributed by atoms with van der Waals surface area (Å²) in [5.74, 6) is 0.789. The number of carbonyl (C=O) groups excluding carboxylic acids is 1. The Kier molecular flexibility index (Phi) is 5.36. The molecule has 0 saturated carbocycles. The fourth-order valence-electron chi connectivity index (χ4n) is 3.26. The van der Waals surface area contributed by atoms with Crippen molar-refractivity contribution in [3.8, 4) is 0 Å². The number of nitrogens with zero attached hydrogens (tertiary/aromatic N) is 3. The molecule has 148 valence electrons. The van der Waals surface area contributed by atoms with Gasteiger partial charge in [0.05, 0.1) is 0 Å². The molecule has 2 aromatic carbocycles. The standard InChI is InChI=1S/C22H22ClN5O/c1-3-4-20(29)25-21-26-22-24-18(15-9-11-17(23)12-10-15)13-19(28(22)27-21)16-7-5-14(2)6-8-16/h5-13,19H,3-4H2,1-2H3,(H2,24,25,26,27,29). The second kappa shape index (κ2) is 8.09. The Morgan fingerprint density at radius 3 is 2.59 bits per heavy atom. The molecular weight excluding hydrogens is 386 g/mol. The number of aryl methyl sites for hydroxylation is 1. The summed E-state index contributed by atoms with van der Waals surface area (Å²) in [6, 6.07) is 15.8. The van der Waals surface area contributed by atoms with Gasteiger partial charge in [-0.15, -0.1) is 5.10 Å². The van der Waals surface area contributed by atoms with Gasteiger partial charge in [0.2, 0.25) is 11.9 Å². The van der Waals surface area contributed by atoms with Crippen LogP contribution in [0.25, 0.3) is 5.70 Å². The van der Waals surface area contributed by atoms with E-state index < -0.39 is 0 Å². The minimum atomic E-state index is -0.151. The van der Waals surface area contributed by atoms with Gasteiger partial charge in [0.15, 0.2) is 0 Å². The predicted molar refractivity (Wildman–Crippen MR) is 116 cm³/mol. The van der Waals surface area contributed by atoms with E-state index in [4.69, 9.17) is 11.6 Å². The van der Waals surface area contributed by atoms with Crippen LogP contribution < -0.4 is 10.6 Å². The molecule has 0 bridgehead atoms. The molecule has 1 amide bonds. The average Bonchev–Trinajstić information content (AvgIpc) is 3.11. The number of nitrogens with one attached hydrogen (secondary N) is 2. The molecule has 3 aromatic rings. The average molecular weight is 408 g/mol. The topological polar surface area (TPSA) is 71.8 Å². The largest absolute Gasteiger partial charge is 0.324 e. The molecule has 0 saturated heterocycles. The molecule has 1 aliphatic rings. The van der Waals surface area contributed by atoms with Gasteiger partial charge in [-0.05, 0) is 42.7 Å². The molecule has 4 rings (SSSR count). The van der Waals surface area contributed by atoms with E-state index in [1.54, 1.807) is 4.68 Å². The molecule has 1 aliphatic heterocycles. The Morgan fingerprint density at radius 1 is 1.17 bits per heavy atom. The Morgan fingerprint density at radius 2 is 1.90 bits per heavy atom. The lowest BCUT2D eigenvalue weighted by molar-refractivity contribution is -0.116. The number of aromatic nitrogens is 3. The van der Waals surface area contributed by atoms with E-state index in [-0.39, 0.29) is 11.9 Å². The lowest BCUT2D eigenvalue weighted by Crippen LogP contribution is -2.20. The fraction of sp³-hybridized carbons (Fsp3) is 0.227. The summed E-state index contributed by atoms with van der Waals surface area (Å²) in [6.45, 7) is 4.02. The molecule has 1 atom stereocenters. The first kappa shape index (κ1) is 19.2. The molecule has 6 nitrogen and oxygen atoms in total. The Bertz CT molecular complexity index is 1050. The molecule has 7 heteroatoms. The van der Waals surface area contributed by atoms with Crippen molar-refractivity contribution in [1.82, 2.24) is 14.8 Å². The van der Waals surface area contributed by atoms with Crippen molar-refractivity contribution in [2.45, 2.75) is 32.7 Å². The molecule has 1 unspecified atom stereocenters. The third-order valence-corrected chi connectivity index (χ3v) is 5.02. The van der Waals surface area contributed by atoms with Crippen molar-refractivity contribution in [1.29, 1.82) is 0 Å². The summed E-state index contributed by atoms with van der Waals surface area (Å²) in [4.78, 5) is 16.5. The van der Waals surface area contributed by atoms with Gasteiger partial charge >= 0.3 is 0 Å². The first-order valence-electron chi connectivity index (χ1n) is 9.61. The second-order valence-electron chi connectivity index (χ2n) is 7.07. The Labute approximate surface area is 174 Å². The van der Waals surface area contributed by atoms with Crippen molar-refractivity contribution in [3.63, 3.8) is 0 Å². The van der Waals surface area contributed by atoms with Crippen LogP contribution in [-0.2, 0) is 4.79 Å². The van der Waals surface area contributed by atoms with Crippen molar-refractivity contribution in [2.75, 3.05) is 10.6 Å². The number of halogens is 1. The summed E-state index contributed by atoms with van der Waals surface area (Å²) in [6.07, 6.45) is 3.31. The number of amides is 1. The first-order valence-corrected chi connectivity index (χ1v) is 9.99. The summed E-state index contributed by atoms with van der Waals surface area (Å²) in [7, 11) is 0. The molecule has 0 fully saturated rings. The normalized spacial score (nSPS) is 15.3. The van der Waals surface area contributed by atoms with E-state index in [0.717, 1.165) is 23.2 Å². The summed E-state index contributed by atoms with van der Waals surface area (Å²) in [5, 5.41) is 11.3. The van der Waals surface area contributed by atoms with Crippen LogP contribution in [0.1, 0.15) is 42.5 Å². The molecule has 2 heterocycles. The summed E-state index contributed by atoms with van der Waals surface area (Å²) < 4.78 is 1.80. The number of allylic oxidation sites excluding steroid dienone is 1. The summed E-state index contributed by atoms with van der Waals surface area (Å²) >= 11 is 6.04. The van der Waals surface area contributed by atoms with Crippen LogP contribution >= 0.6 is 11.6 Å². The zero-order valence-corrected chi connectivity index (χ0v) is 17.1. The van der Waals surface area contributed by atoms with E-state index in [9.17, 15) is 4.79 Å². The molecule has 0 spiro atoms. The van der Waals surface area contributed by atoms with E-state index >= 15 is 0 Å². The van der Waals surface area contributed by atoms with Crippen molar-refractivity contribution < 1.29 is 4.79 Å². The maximum absolute atomic E-state index is 12.0. The Hall–Kier alpha value is -3.12. The van der Waals surface area contributed by atoms with E-state index in [0.29, 0.717) is 23.3 Å². The number of hydrogen-bond acceptors (Lipinski definition) is 4. The SMILES string of the molecule is CCCC(=O)Nc1nc2n(n1)C(c1ccc(C)cc1)C=C(c1ccc(Cl)cc1)N2. The molecular formula is C22H22ClN5O. The van der Waals surface area contributed by atoms with Crippen LogP contribution in [0.2, 0.25) is 5.02 Å². The third-order valence-electron chi connectivity index (χ3n) is 4.77. The van der Waals surface area contributed by atoms with Gasteiger partial charge in [-0.2, -0.15) is 4.98 Å². The van der Waals surface area contributed by atoms with Crippen LogP contribution in [0.5, 0.6) is 0 Å². The number of rotatable bonds is 5. The van der Waals surface area contributed by atoms with Crippen molar-refractivity contribution in [2.24, 2.45) is 0 Å². The number of benzene rings is 2. The predicted octanol–water partition coefficient (Wildman–Crippen LogP) is 5.03. The minimum Gasteiger partial charge on any atom is -0.324 e. The maximum atomic E-state index is 12.0. The second-order valence-corrected chi connectivity index (χ2v) is 7.51. The smallest absolute Gasteiger partial charge is 0.250 e. The van der Waals surface area contributed by atoms with Gasteiger partial charge in [0.25, 0.3) is 5.95 Å². The molecule has 2 N–H and O–H groups in total. The third kappa shape index (κ3) is 4.17. The minimum absolute atomic E-state index is 0.0896. The molecule has 1 aromatic heterocycles. The quantitative estimate of drug-likeness (QED) is 0.621. The fourth-order valence-corrected chi connectivity index (χ4v) is 3.39. The number of hydrogen-bond donors (Lipinski definition) is 2. The summed E-state index contributed by atoms with van der Waals surface area (Å²) in [5.41, 5.74) is 4.19. The Balaban J connectivity index is 1.73. The van der Waals surface area contributed by atoms with Gasteiger partial charge in [0.1, 0.15) is 6.04 Å². The highest BCUT2D eigenvalue weighted by Crippen LogP contribution is 2.33.